The van der Waals surface area contributed by atoms with Crippen LogP contribution in [0.3, 0.4) is 0 Å². The molecule has 0 N–H and O–H groups in total. The van der Waals surface area contributed by atoms with Crippen LogP contribution in [0.1, 0.15) is 27.2 Å². The van der Waals surface area contributed by atoms with Crippen molar-refractivity contribution in [3.8, 4) is 0 Å². The van der Waals surface area contributed by atoms with Crippen LogP contribution >= 0.6 is 0 Å². The topological polar surface area (TPSA) is 26.3 Å². The second-order valence-electron chi connectivity index (χ2n) is 3.33. The van der Waals surface area contributed by atoms with Crippen molar-refractivity contribution >= 4 is 5.97 Å². The lowest BCUT2D eigenvalue weighted by Crippen LogP contribution is -2.00. The van der Waals surface area contributed by atoms with Crippen molar-refractivity contribution in [3.05, 3.63) is 36.5 Å². The molecule has 0 saturated heterocycles. The van der Waals surface area contributed by atoms with Gasteiger partial charge in [0.1, 0.15) is 6.61 Å². The largest absolute Gasteiger partial charge is 0.458 e. The van der Waals surface area contributed by atoms with Gasteiger partial charge in [0.25, 0.3) is 0 Å². The average molecular weight is 208 g/mol. The van der Waals surface area contributed by atoms with E-state index in [1.807, 2.05) is 31.2 Å². The fraction of sp³-hybridized carbons (Fsp3) is 0.462. The van der Waals surface area contributed by atoms with Crippen LogP contribution in [0.5, 0.6) is 0 Å². The Balaban J connectivity index is 3.70. The zero-order chi connectivity index (χ0) is 11.5. The first-order valence-electron chi connectivity index (χ1n) is 5.33. The zero-order valence-electron chi connectivity index (χ0n) is 9.77. The predicted octanol–water partition coefficient (Wildman–Crippen LogP) is 3.26. The smallest absolute Gasteiger partial charge is 0.330 e. The number of rotatable bonds is 6. The maximum Gasteiger partial charge on any atom is 0.330 e. The van der Waals surface area contributed by atoms with Crippen molar-refractivity contribution < 1.29 is 9.53 Å². The minimum atomic E-state index is -0.277. The van der Waals surface area contributed by atoms with Crippen LogP contribution in [-0.2, 0) is 9.53 Å². The van der Waals surface area contributed by atoms with Crippen LogP contribution in [0.15, 0.2) is 36.5 Å². The Morgan fingerprint density at radius 3 is 2.73 bits per heavy atom. The Kier molecular flexibility index (Phi) is 8.44. The Bertz CT molecular complexity index is 249. The van der Waals surface area contributed by atoms with Crippen molar-refractivity contribution in [2.75, 3.05) is 6.61 Å². The van der Waals surface area contributed by atoms with Crippen LogP contribution in [-0.4, -0.2) is 12.6 Å². The quantitative estimate of drug-likeness (QED) is 0.380. The summed E-state index contributed by atoms with van der Waals surface area (Å²) in [5, 5.41) is 0. The molecule has 0 amide bonds. The van der Waals surface area contributed by atoms with Crippen LogP contribution in [0.4, 0.5) is 0 Å². The van der Waals surface area contributed by atoms with E-state index >= 15 is 0 Å². The molecule has 0 rings (SSSR count). The van der Waals surface area contributed by atoms with Crippen LogP contribution in [0.2, 0.25) is 0 Å². The Hall–Kier alpha value is -1.31. The molecule has 1 atom stereocenters. The lowest BCUT2D eigenvalue weighted by molar-refractivity contribution is -0.136. The molecular weight excluding hydrogens is 188 g/mol. The van der Waals surface area contributed by atoms with Gasteiger partial charge in [-0.15, -0.1) is 0 Å². The molecule has 0 fully saturated rings. The number of ether oxygens (including phenoxy) is 1. The maximum atomic E-state index is 11.1. The van der Waals surface area contributed by atoms with Crippen molar-refractivity contribution in [2.24, 2.45) is 5.92 Å². The van der Waals surface area contributed by atoms with Gasteiger partial charge in [-0.25, -0.2) is 4.79 Å². The van der Waals surface area contributed by atoms with Crippen molar-refractivity contribution in [1.29, 1.82) is 0 Å². The fourth-order valence-electron chi connectivity index (χ4n) is 0.803. The first kappa shape index (κ1) is 13.7. The molecule has 0 aliphatic rings. The average Bonchev–Trinajstić information content (AvgIpc) is 2.25. The second-order valence-corrected chi connectivity index (χ2v) is 3.33. The maximum absolute atomic E-state index is 11.1. The predicted molar refractivity (Wildman–Crippen MR) is 63.5 cm³/mol. The highest BCUT2D eigenvalue weighted by Crippen LogP contribution is 2.01. The number of carbonyl (C=O) groups excluding carboxylic acids is 1. The molecular formula is C13H20O2. The number of allylic oxidation sites excluding steroid dienone is 4. The summed E-state index contributed by atoms with van der Waals surface area (Å²) >= 11 is 0. The Labute approximate surface area is 92.3 Å². The van der Waals surface area contributed by atoms with Gasteiger partial charge in [0.2, 0.25) is 0 Å². The van der Waals surface area contributed by atoms with E-state index in [4.69, 9.17) is 4.74 Å². The summed E-state index contributed by atoms with van der Waals surface area (Å²) < 4.78 is 4.94. The van der Waals surface area contributed by atoms with E-state index in [1.165, 1.54) is 6.08 Å². The van der Waals surface area contributed by atoms with Crippen molar-refractivity contribution in [2.45, 2.75) is 27.2 Å². The lowest BCUT2D eigenvalue weighted by Gasteiger charge is -1.99. The second kappa shape index (κ2) is 9.25. The molecule has 0 aliphatic heterocycles. The van der Waals surface area contributed by atoms with E-state index in [0.717, 1.165) is 6.42 Å². The van der Waals surface area contributed by atoms with E-state index in [1.54, 1.807) is 6.08 Å². The summed E-state index contributed by atoms with van der Waals surface area (Å²) in [4.78, 5) is 11.1. The third-order valence-corrected chi connectivity index (χ3v) is 1.97. The van der Waals surface area contributed by atoms with E-state index < -0.39 is 0 Å². The molecule has 0 aromatic heterocycles. The van der Waals surface area contributed by atoms with Gasteiger partial charge < -0.3 is 4.74 Å². The molecule has 0 aromatic rings. The summed E-state index contributed by atoms with van der Waals surface area (Å²) in [5.74, 6) is 0.150. The summed E-state index contributed by atoms with van der Waals surface area (Å²) in [6.45, 7) is 6.41. The van der Waals surface area contributed by atoms with Gasteiger partial charge in [-0.3, -0.25) is 0 Å². The van der Waals surface area contributed by atoms with Gasteiger partial charge in [-0.2, -0.15) is 0 Å². The minimum Gasteiger partial charge on any atom is -0.458 e. The molecule has 0 aliphatic carbocycles. The molecule has 2 heteroatoms. The lowest BCUT2D eigenvalue weighted by atomic mass is 10.1. The Morgan fingerprint density at radius 1 is 1.40 bits per heavy atom. The summed E-state index contributed by atoms with van der Waals surface area (Å²) in [6, 6.07) is 0. The molecule has 0 heterocycles. The van der Waals surface area contributed by atoms with Gasteiger partial charge in [0, 0.05) is 6.08 Å². The van der Waals surface area contributed by atoms with Crippen molar-refractivity contribution in [3.63, 3.8) is 0 Å². The van der Waals surface area contributed by atoms with E-state index in [2.05, 4.69) is 13.8 Å². The van der Waals surface area contributed by atoms with E-state index in [9.17, 15) is 4.79 Å². The highest BCUT2D eigenvalue weighted by atomic mass is 16.5. The van der Waals surface area contributed by atoms with E-state index in [-0.39, 0.29) is 5.97 Å². The summed E-state index contributed by atoms with van der Waals surface area (Å²) in [5.41, 5.74) is 0. The van der Waals surface area contributed by atoms with Gasteiger partial charge in [0.15, 0.2) is 0 Å². The monoisotopic (exact) mass is 208 g/mol. The van der Waals surface area contributed by atoms with Gasteiger partial charge >= 0.3 is 5.97 Å². The molecule has 15 heavy (non-hydrogen) atoms. The van der Waals surface area contributed by atoms with Crippen LogP contribution < -0.4 is 0 Å². The molecule has 0 saturated carbocycles. The number of hydrogen-bond acceptors (Lipinski definition) is 2. The number of carbonyl (C=O) groups is 1. The SMILES string of the molecule is C/C=C/C=C/COC(=O)/C=C/C(C)CC. The number of esters is 1. The normalized spacial score (nSPS) is 14.1. The first-order chi connectivity index (χ1) is 7.20. The highest BCUT2D eigenvalue weighted by molar-refractivity contribution is 5.81. The Morgan fingerprint density at radius 2 is 2.13 bits per heavy atom. The van der Waals surface area contributed by atoms with E-state index in [0.29, 0.717) is 12.5 Å². The number of hydrogen-bond donors (Lipinski definition) is 0. The molecule has 0 radical (unpaired) electrons. The summed E-state index contributed by atoms with van der Waals surface area (Å²) in [6.07, 6.45) is 11.9. The molecule has 0 spiro atoms. The molecule has 84 valence electrons. The standard InChI is InChI=1S/C13H20O2/c1-4-6-7-8-11-15-13(14)10-9-12(3)5-2/h4,6-10,12H,5,11H2,1-3H3/b6-4+,8-7+,10-9+. The van der Waals surface area contributed by atoms with Crippen LogP contribution in [0.25, 0.3) is 0 Å². The molecule has 1 unspecified atom stereocenters. The fourth-order valence-corrected chi connectivity index (χ4v) is 0.803. The highest BCUT2D eigenvalue weighted by Gasteiger charge is 1.96. The van der Waals surface area contributed by atoms with Gasteiger partial charge in [0.05, 0.1) is 0 Å². The van der Waals surface area contributed by atoms with Gasteiger partial charge in [-0.05, 0) is 18.9 Å². The first-order valence-corrected chi connectivity index (χ1v) is 5.33. The third kappa shape index (κ3) is 9.01. The van der Waals surface area contributed by atoms with Gasteiger partial charge in [-0.1, -0.05) is 44.6 Å². The summed E-state index contributed by atoms with van der Waals surface area (Å²) in [7, 11) is 0. The minimum absolute atomic E-state index is 0.277. The zero-order valence-corrected chi connectivity index (χ0v) is 9.77. The third-order valence-electron chi connectivity index (χ3n) is 1.97. The molecule has 0 aromatic carbocycles. The van der Waals surface area contributed by atoms with Crippen molar-refractivity contribution in [1.82, 2.24) is 0 Å². The van der Waals surface area contributed by atoms with Crippen LogP contribution in [0, 0.1) is 5.92 Å². The molecule has 0 bridgehead atoms. The molecule has 2 nitrogen and oxygen atoms in total.